The minimum atomic E-state index is -0.366. The molecule has 3 aliphatic carbocycles. The molecule has 0 aromatic heterocycles. The quantitative estimate of drug-likeness (QED) is 0.650. The number of nitrogens with one attached hydrogen (secondary N) is 1. The Balaban J connectivity index is 1.42. The van der Waals surface area contributed by atoms with Crippen molar-refractivity contribution in [3.8, 4) is 5.75 Å². The van der Waals surface area contributed by atoms with E-state index in [-0.39, 0.29) is 47.9 Å². The van der Waals surface area contributed by atoms with Crippen molar-refractivity contribution in [2.24, 2.45) is 23.7 Å². The first-order valence-corrected chi connectivity index (χ1v) is 9.14. The van der Waals surface area contributed by atoms with E-state index in [4.69, 9.17) is 4.74 Å². The summed E-state index contributed by atoms with van der Waals surface area (Å²) in [7, 11) is 0. The lowest BCUT2D eigenvalue weighted by Gasteiger charge is -2.38. The summed E-state index contributed by atoms with van der Waals surface area (Å²) in [5, 5.41) is 2.74. The van der Waals surface area contributed by atoms with E-state index in [1.807, 2.05) is 6.92 Å². The molecule has 3 amide bonds. The normalized spacial score (nSPS) is 29.0. The van der Waals surface area contributed by atoms with Gasteiger partial charge in [-0.05, 0) is 55.9 Å². The van der Waals surface area contributed by atoms with Gasteiger partial charge in [-0.3, -0.25) is 19.3 Å². The van der Waals surface area contributed by atoms with Crippen LogP contribution in [0.1, 0.15) is 19.8 Å². The van der Waals surface area contributed by atoms with Crippen molar-refractivity contribution < 1.29 is 19.1 Å². The van der Waals surface area contributed by atoms with Gasteiger partial charge in [0, 0.05) is 5.69 Å². The highest BCUT2D eigenvalue weighted by Crippen LogP contribution is 2.49. The molecule has 26 heavy (non-hydrogen) atoms. The maximum absolute atomic E-state index is 12.7. The van der Waals surface area contributed by atoms with Crippen molar-refractivity contribution in [3.63, 3.8) is 0 Å². The summed E-state index contributed by atoms with van der Waals surface area (Å²) in [5.74, 6) is -0.297. The van der Waals surface area contributed by atoms with Gasteiger partial charge in [-0.15, -0.1) is 0 Å². The highest BCUT2D eigenvalue weighted by Gasteiger charge is 2.56. The van der Waals surface area contributed by atoms with E-state index in [1.54, 1.807) is 24.3 Å². The largest absolute Gasteiger partial charge is 0.494 e. The number of hydrogen-bond acceptors (Lipinski definition) is 4. The Bertz CT molecular complexity index is 739. The van der Waals surface area contributed by atoms with E-state index in [9.17, 15) is 14.4 Å². The monoisotopic (exact) mass is 354 g/mol. The maximum Gasteiger partial charge on any atom is 0.244 e. The van der Waals surface area contributed by atoms with Gasteiger partial charge in [-0.2, -0.15) is 0 Å². The van der Waals surface area contributed by atoms with Gasteiger partial charge in [-0.1, -0.05) is 12.2 Å². The molecule has 6 nitrogen and oxygen atoms in total. The Kier molecular flexibility index (Phi) is 4.26. The fourth-order valence-electron chi connectivity index (χ4n) is 4.44. The molecule has 5 rings (SSSR count). The molecular formula is C20H22N2O4. The van der Waals surface area contributed by atoms with Crippen LogP contribution in [0.4, 0.5) is 5.69 Å². The summed E-state index contributed by atoms with van der Waals surface area (Å²) in [4.78, 5) is 38.9. The number of allylic oxidation sites excluding steroid dienone is 2. The molecule has 0 radical (unpaired) electrons. The second-order valence-electron chi connectivity index (χ2n) is 7.11. The lowest BCUT2D eigenvalue weighted by atomic mass is 9.63. The molecule has 4 atom stereocenters. The van der Waals surface area contributed by atoms with Gasteiger partial charge in [0.2, 0.25) is 17.7 Å². The van der Waals surface area contributed by atoms with Gasteiger partial charge in [-0.25, -0.2) is 0 Å². The van der Waals surface area contributed by atoms with Crippen molar-refractivity contribution in [3.05, 3.63) is 36.4 Å². The lowest BCUT2D eigenvalue weighted by Crippen LogP contribution is -2.38. The number of nitrogens with zero attached hydrogens (tertiary/aromatic N) is 1. The topological polar surface area (TPSA) is 75.7 Å². The third-order valence-electron chi connectivity index (χ3n) is 5.60. The van der Waals surface area contributed by atoms with Crippen LogP contribution >= 0.6 is 0 Å². The average molecular weight is 354 g/mol. The zero-order valence-corrected chi connectivity index (χ0v) is 14.7. The van der Waals surface area contributed by atoms with Crippen LogP contribution in [0.3, 0.4) is 0 Å². The Labute approximate surface area is 152 Å². The first-order valence-electron chi connectivity index (χ1n) is 9.14. The molecule has 1 N–H and O–H groups in total. The number of amides is 3. The van der Waals surface area contributed by atoms with Crippen LogP contribution in [0.5, 0.6) is 5.75 Å². The number of carbonyl (C=O) groups excluding carboxylic acids is 3. The Morgan fingerprint density at radius 3 is 2.15 bits per heavy atom. The average Bonchev–Trinajstić information content (AvgIpc) is 2.92. The molecular weight excluding hydrogens is 332 g/mol. The van der Waals surface area contributed by atoms with Crippen molar-refractivity contribution in [1.82, 2.24) is 4.90 Å². The Morgan fingerprint density at radius 1 is 1.08 bits per heavy atom. The number of hydrogen-bond donors (Lipinski definition) is 1. The first kappa shape index (κ1) is 16.8. The van der Waals surface area contributed by atoms with Crippen molar-refractivity contribution in [1.29, 1.82) is 0 Å². The van der Waals surface area contributed by atoms with Gasteiger partial charge in [0.1, 0.15) is 12.3 Å². The molecule has 0 spiro atoms. The van der Waals surface area contributed by atoms with Crippen LogP contribution in [-0.2, 0) is 14.4 Å². The van der Waals surface area contributed by atoms with E-state index >= 15 is 0 Å². The van der Waals surface area contributed by atoms with Crippen LogP contribution in [0.25, 0.3) is 0 Å². The minimum Gasteiger partial charge on any atom is -0.494 e. The number of rotatable bonds is 5. The standard InChI is InChI=1S/C20H22N2O4/c1-2-26-15-9-7-14(8-10-15)21-16(23)11-22-19(24)17-12-3-4-13(6-5-12)18(17)20(22)25/h3-4,7-10,12-13,17-18H,2,5-6,11H2,1H3,(H,21,23)/t12-,13-,17-,18+/m0/s1. The van der Waals surface area contributed by atoms with Gasteiger partial charge in [0.05, 0.1) is 18.4 Å². The second kappa shape index (κ2) is 6.59. The van der Waals surface area contributed by atoms with Crippen LogP contribution in [-0.4, -0.2) is 35.8 Å². The number of anilines is 1. The number of likely N-dealkylation sites (tertiary alicyclic amines) is 1. The summed E-state index contributed by atoms with van der Waals surface area (Å²) >= 11 is 0. The maximum atomic E-state index is 12.7. The number of benzene rings is 1. The zero-order valence-electron chi connectivity index (χ0n) is 14.7. The molecule has 4 aliphatic rings. The molecule has 1 aromatic rings. The molecule has 136 valence electrons. The second-order valence-corrected chi connectivity index (χ2v) is 7.11. The van der Waals surface area contributed by atoms with Crippen molar-refractivity contribution >= 4 is 23.4 Å². The van der Waals surface area contributed by atoms with Crippen LogP contribution in [0.15, 0.2) is 36.4 Å². The molecule has 2 fully saturated rings. The van der Waals surface area contributed by atoms with E-state index in [0.717, 1.165) is 23.5 Å². The molecule has 1 heterocycles. The van der Waals surface area contributed by atoms with Gasteiger partial charge >= 0.3 is 0 Å². The number of imide groups is 1. The number of carbonyl (C=O) groups is 3. The van der Waals surface area contributed by atoms with E-state index in [0.29, 0.717) is 12.3 Å². The summed E-state index contributed by atoms with van der Waals surface area (Å²) in [5.41, 5.74) is 0.608. The van der Waals surface area contributed by atoms with Crippen LogP contribution in [0, 0.1) is 23.7 Å². The van der Waals surface area contributed by atoms with Gasteiger partial charge in [0.25, 0.3) is 0 Å². The molecule has 2 bridgehead atoms. The Hall–Kier alpha value is -2.63. The highest BCUT2D eigenvalue weighted by atomic mass is 16.5. The third kappa shape index (κ3) is 2.79. The fraction of sp³-hybridized carbons (Fsp3) is 0.450. The zero-order chi connectivity index (χ0) is 18.3. The van der Waals surface area contributed by atoms with E-state index in [2.05, 4.69) is 17.5 Å². The number of fused-ring (bicyclic) bond motifs is 1. The minimum absolute atomic E-state index is 0.139. The molecule has 1 aromatic carbocycles. The lowest BCUT2D eigenvalue weighted by molar-refractivity contribution is -0.142. The van der Waals surface area contributed by atoms with Crippen molar-refractivity contribution in [2.75, 3.05) is 18.5 Å². The molecule has 0 unspecified atom stereocenters. The van der Waals surface area contributed by atoms with Crippen LogP contribution < -0.4 is 10.1 Å². The predicted molar refractivity (Wildman–Crippen MR) is 95.3 cm³/mol. The van der Waals surface area contributed by atoms with Gasteiger partial charge < -0.3 is 10.1 Å². The molecule has 1 aliphatic heterocycles. The summed E-state index contributed by atoms with van der Waals surface area (Å²) in [6, 6.07) is 7.01. The van der Waals surface area contributed by atoms with Crippen LogP contribution in [0.2, 0.25) is 0 Å². The summed E-state index contributed by atoms with van der Waals surface area (Å²) in [6.45, 7) is 2.25. The summed E-state index contributed by atoms with van der Waals surface area (Å²) in [6.07, 6.45) is 6.05. The number of ether oxygens (including phenoxy) is 1. The molecule has 6 heteroatoms. The van der Waals surface area contributed by atoms with E-state index < -0.39 is 0 Å². The smallest absolute Gasteiger partial charge is 0.244 e. The first-order chi connectivity index (χ1) is 12.6. The Morgan fingerprint density at radius 2 is 1.65 bits per heavy atom. The SMILES string of the molecule is CCOc1ccc(NC(=O)CN2C(=O)[C@@H]3[C@H](C2=O)[C@H]2C=C[C@H]3CC2)cc1. The molecule has 1 saturated heterocycles. The third-order valence-corrected chi connectivity index (χ3v) is 5.60. The van der Waals surface area contributed by atoms with E-state index in [1.165, 1.54) is 0 Å². The fourth-order valence-corrected chi connectivity index (χ4v) is 4.44. The predicted octanol–water partition coefficient (Wildman–Crippen LogP) is 2.22. The summed E-state index contributed by atoms with van der Waals surface area (Å²) < 4.78 is 5.37. The van der Waals surface area contributed by atoms with Gasteiger partial charge in [0.15, 0.2) is 0 Å². The van der Waals surface area contributed by atoms with Crippen molar-refractivity contribution in [2.45, 2.75) is 19.8 Å². The molecule has 1 saturated carbocycles. The highest BCUT2D eigenvalue weighted by molar-refractivity contribution is 6.09.